The van der Waals surface area contributed by atoms with Gasteiger partial charge in [-0.25, -0.2) is 0 Å². The highest BCUT2D eigenvalue weighted by Gasteiger charge is 2.40. The lowest BCUT2D eigenvalue weighted by molar-refractivity contribution is -0.141. The molecule has 1 saturated heterocycles. The molecule has 1 aliphatic rings. The van der Waals surface area contributed by atoms with E-state index < -0.39 is 5.97 Å². The summed E-state index contributed by atoms with van der Waals surface area (Å²) < 4.78 is 5.45. The van der Waals surface area contributed by atoms with Crippen molar-refractivity contribution in [2.75, 3.05) is 20.2 Å². The molecule has 0 amide bonds. The number of ether oxygens (including phenoxy) is 1. The fourth-order valence-electron chi connectivity index (χ4n) is 2.95. The molecule has 0 radical (unpaired) electrons. The number of benzene rings is 1. The molecule has 110 valence electrons. The zero-order valence-corrected chi connectivity index (χ0v) is 12.6. The van der Waals surface area contributed by atoms with Gasteiger partial charge in [0, 0.05) is 25.0 Å². The molecule has 0 saturated carbocycles. The summed E-state index contributed by atoms with van der Waals surface area (Å²) in [6, 6.07) is 6.37. The molecule has 0 bridgehead atoms. The first kappa shape index (κ1) is 14.9. The minimum Gasteiger partial charge on any atom is -0.496 e. The predicted molar refractivity (Wildman–Crippen MR) is 78.3 cm³/mol. The Bertz CT molecular complexity index is 498. The van der Waals surface area contributed by atoms with Crippen molar-refractivity contribution in [1.82, 2.24) is 4.90 Å². The molecule has 1 aromatic rings. The van der Waals surface area contributed by atoms with Gasteiger partial charge in [-0.2, -0.15) is 0 Å². The van der Waals surface area contributed by atoms with Crippen LogP contribution < -0.4 is 4.74 Å². The molecular formula is C16H23NO3. The average molecular weight is 277 g/mol. The average Bonchev–Trinajstić information content (AvgIpc) is 2.83. The van der Waals surface area contributed by atoms with Crippen LogP contribution >= 0.6 is 0 Å². The normalized spacial score (nSPS) is 23.2. The van der Waals surface area contributed by atoms with Crippen LogP contribution in [0.3, 0.4) is 0 Å². The van der Waals surface area contributed by atoms with Crippen LogP contribution in [0.5, 0.6) is 5.75 Å². The van der Waals surface area contributed by atoms with Gasteiger partial charge in [-0.15, -0.1) is 0 Å². The van der Waals surface area contributed by atoms with Crippen LogP contribution in [0.4, 0.5) is 0 Å². The maximum atomic E-state index is 11.6. The van der Waals surface area contributed by atoms with Gasteiger partial charge in [0.15, 0.2) is 0 Å². The van der Waals surface area contributed by atoms with E-state index in [2.05, 4.69) is 18.7 Å². The second-order valence-corrected chi connectivity index (χ2v) is 5.84. The summed E-state index contributed by atoms with van der Waals surface area (Å²) in [5.41, 5.74) is 2.13. The molecule has 1 aromatic carbocycles. The predicted octanol–water partition coefficient (Wildman–Crippen LogP) is 2.51. The van der Waals surface area contributed by atoms with E-state index in [1.165, 1.54) is 0 Å². The van der Waals surface area contributed by atoms with Gasteiger partial charge in [0.05, 0.1) is 13.0 Å². The van der Waals surface area contributed by atoms with E-state index in [9.17, 15) is 9.90 Å². The first-order valence-corrected chi connectivity index (χ1v) is 7.05. The third-order valence-corrected chi connectivity index (χ3v) is 4.18. The Morgan fingerprint density at radius 2 is 2.10 bits per heavy atom. The zero-order chi connectivity index (χ0) is 14.9. The monoisotopic (exact) mass is 277 g/mol. The largest absolute Gasteiger partial charge is 0.496 e. The summed E-state index contributed by atoms with van der Waals surface area (Å²) >= 11 is 0. The van der Waals surface area contributed by atoms with Crippen molar-refractivity contribution in [1.29, 1.82) is 0 Å². The molecule has 0 aliphatic carbocycles. The minimum absolute atomic E-state index is 0.00884. The third-order valence-electron chi connectivity index (χ3n) is 4.18. The lowest BCUT2D eigenvalue weighted by Gasteiger charge is -2.21. The van der Waals surface area contributed by atoms with Gasteiger partial charge in [0.1, 0.15) is 5.75 Å². The standard InChI is InChI=1S/C16H23NO3/c1-10(2)17-8-13(14(9-17)16(18)19)12-6-5-11(3)7-15(12)20-4/h5-7,10,13-14H,8-9H2,1-4H3,(H,18,19). The highest BCUT2D eigenvalue weighted by Crippen LogP contribution is 2.38. The van der Waals surface area contributed by atoms with E-state index in [0.717, 1.165) is 23.4 Å². The first-order chi connectivity index (χ1) is 9.43. The van der Waals surface area contributed by atoms with E-state index in [1.54, 1.807) is 7.11 Å². The molecule has 1 aliphatic heterocycles. The maximum Gasteiger partial charge on any atom is 0.308 e. The molecule has 4 nitrogen and oxygen atoms in total. The smallest absolute Gasteiger partial charge is 0.308 e. The number of carboxylic acids is 1. The van der Waals surface area contributed by atoms with E-state index in [0.29, 0.717) is 12.6 Å². The van der Waals surface area contributed by atoms with Crippen LogP contribution in [0.25, 0.3) is 0 Å². The molecule has 2 atom stereocenters. The summed E-state index contributed by atoms with van der Waals surface area (Å²) in [4.78, 5) is 13.8. The SMILES string of the molecule is COc1cc(C)ccc1C1CN(C(C)C)CC1C(=O)O. The van der Waals surface area contributed by atoms with Gasteiger partial charge < -0.3 is 9.84 Å². The summed E-state index contributed by atoms with van der Waals surface area (Å²) in [6.45, 7) is 7.60. The number of rotatable bonds is 4. The molecule has 2 unspecified atom stereocenters. The Morgan fingerprint density at radius 1 is 1.40 bits per heavy atom. The highest BCUT2D eigenvalue weighted by molar-refractivity contribution is 5.72. The second kappa shape index (κ2) is 5.83. The van der Waals surface area contributed by atoms with Crippen molar-refractivity contribution < 1.29 is 14.6 Å². The molecular weight excluding hydrogens is 254 g/mol. The molecule has 2 rings (SSSR count). The molecule has 1 N–H and O–H groups in total. The van der Waals surface area contributed by atoms with Gasteiger partial charge in [-0.1, -0.05) is 12.1 Å². The van der Waals surface area contributed by atoms with Crippen LogP contribution in [-0.4, -0.2) is 42.2 Å². The van der Waals surface area contributed by atoms with Crippen molar-refractivity contribution in [2.24, 2.45) is 5.92 Å². The van der Waals surface area contributed by atoms with Crippen LogP contribution in [0, 0.1) is 12.8 Å². The number of nitrogens with zero attached hydrogens (tertiary/aromatic N) is 1. The van der Waals surface area contributed by atoms with Gasteiger partial charge in [-0.05, 0) is 38.0 Å². The quantitative estimate of drug-likeness (QED) is 0.918. The molecule has 0 spiro atoms. The van der Waals surface area contributed by atoms with E-state index in [1.807, 2.05) is 25.1 Å². The van der Waals surface area contributed by atoms with Gasteiger partial charge in [0.25, 0.3) is 0 Å². The Labute approximate surface area is 120 Å². The minimum atomic E-state index is -0.722. The number of hydrogen-bond donors (Lipinski definition) is 1. The van der Waals surface area contributed by atoms with Crippen LogP contribution in [0.1, 0.15) is 30.9 Å². The lowest BCUT2D eigenvalue weighted by Crippen LogP contribution is -2.29. The fourth-order valence-corrected chi connectivity index (χ4v) is 2.95. The fraction of sp³-hybridized carbons (Fsp3) is 0.562. The Balaban J connectivity index is 2.36. The van der Waals surface area contributed by atoms with Crippen LogP contribution in [0.2, 0.25) is 0 Å². The number of aryl methyl sites for hydroxylation is 1. The lowest BCUT2D eigenvalue weighted by atomic mass is 9.88. The molecule has 0 aromatic heterocycles. The molecule has 4 heteroatoms. The number of aliphatic carboxylic acids is 1. The first-order valence-electron chi connectivity index (χ1n) is 7.05. The van der Waals surface area contributed by atoms with E-state index in [-0.39, 0.29) is 11.8 Å². The topological polar surface area (TPSA) is 49.8 Å². The Kier molecular flexibility index (Phi) is 4.33. The summed E-state index contributed by atoms with van der Waals surface area (Å²) in [5, 5.41) is 9.50. The summed E-state index contributed by atoms with van der Waals surface area (Å²) in [5.74, 6) is -0.299. The van der Waals surface area contributed by atoms with E-state index in [4.69, 9.17) is 4.74 Å². The van der Waals surface area contributed by atoms with Crippen LogP contribution in [0.15, 0.2) is 18.2 Å². The van der Waals surface area contributed by atoms with Crippen molar-refractivity contribution in [2.45, 2.75) is 32.7 Å². The van der Waals surface area contributed by atoms with Gasteiger partial charge in [0.2, 0.25) is 0 Å². The second-order valence-electron chi connectivity index (χ2n) is 5.84. The number of likely N-dealkylation sites (tertiary alicyclic amines) is 1. The number of carboxylic acid groups (broad SMARTS) is 1. The number of hydrogen-bond acceptors (Lipinski definition) is 3. The van der Waals surface area contributed by atoms with Gasteiger partial charge in [-0.3, -0.25) is 9.69 Å². The summed E-state index contributed by atoms with van der Waals surface area (Å²) in [6.07, 6.45) is 0. The number of carbonyl (C=O) groups is 1. The summed E-state index contributed by atoms with van der Waals surface area (Å²) in [7, 11) is 1.64. The highest BCUT2D eigenvalue weighted by atomic mass is 16.5. The Morgan fingerprint density at radius 3 is 2.65 bits per heavy atom. The number of methoxy groups -OCH3 is 1. The van der Waals surface area contributed by atoms with Gasteiger partial charge >= 0.3 is 5.97 Å². The Hall–Kier alpha value is -1.55. The van der Waals surface area contributed by atoms with Crippen molar-refractivity contribution in [3.63, 3.8) is 0 Å². The molecule has 1 heterocycles. The van der Waals surface area contributed by atoms with Crippen molar-refractivity contribution >= 4 is 5.97 Å². The molecule has 1 fully saturated rings. The van der Waals surface area contributed by atoms with E-state index >= 15 is 0 Å². The zero-order valence-electron chi connectivity index (χ0n) is 12.6. The van der Waals surface area contributed by atoms with Crippen LogP contribution in [-0.2, 0) is 4.79 Å². The maximum absolute atomic E-state index is 11.6. The third kappa shape index (κ3) is 2.80. The molecule has 20 heavy (non-hydrogen) atoms. The van der Waals surface area contributed by atoms with Crippen molar-refractivity contribution in [3.8, 4) is 5.75 Å². The van der Waals surface area contributed by atoms with Crippen molar-refractivity contribution in [3.05, 3.63) is 29.3 Å².